The standard InChI is InChI=1S/C9H4ClF3N2O/c10-5-1-2-14-8-6(5)4(3-15-8)7(16)9(11,12)13/h1-3H,(H,14,15). The van der Waals surface area contributed by atoms with Gasteiger partial charge < -0.3 is 4.98 Å². The number of hydrogen-bond donors (Lipinski definition) is 1. The first kappa shape index (κ1) is 10.9. The number of H-pyrrole nitrogens is 1. The molecule has 0 aliphatic heterocycles. The molecule has 0 atom stereocenters. The fraction of sp³-hybridized carbons (Fsp3) is 0.111. The Bertz CT molecular complexity index is 561. The normalized spacial score (nSPS) is 12.0. The highest BCUT2D eigenvalue weighted by Crippen LogP contribution is 2.30. The van der Waals surface area contributed by atoms with E-state index in [2.05, 4.69) is 9.97 Å². The van der Waals surface area contributed by atoms with Crippen molar-refractivity contribution in [3.05, 3.63) is 29.0 Å². The van der Waals surface area contributed by atoms with Crippen LogP contribution in [0.5, 0.6) is 0 Å². The van der Waals surface area contributed by atoms with Gasteiger partial charge in [0.1, 0.15) is 5.65 Å². The Labute approximate surface area is 92.2 Å². The quantitative estimate of drug-likeness (QED) is 0.789. The Hall–Kier alpha value is -1.56. The molecule has 0 radical (unpaired) electrons. The number of ketones is 1. The SMILES string of the molecule is O=C(c1c[nH]c2nccc(Cl)c12)C(F)(F)F. The molecule has 0 aromatic carbocycles. The first-order chi connectivity index (χ1) is 7.41. The highest BCUT2D eigenvalue weighted by Gasteiger charge is 2.40. The van der Waals surface area contributed by atoms with Crippen molar-refractivity contribution in [1.29, 1.82) is 0 Å². The van der Waals surface area contributed by atoms with Crippen molar-refractivity contribution in [2.24, 2.45) is 0 Å². The number of hydrogen-bond acceptors (Lipinski definition) is 2. The number of carbonyl (C=O) groups is 1. The smallest absolute Gasteiger partial charge is 0.345 e. The average Bonchev–Trinajstić information content (AvgIpc) is 2.60. The first-order valence-electron chi connectivity index (χ1n) is 4.14. The number of pyridine rings is 1. The van der Waals surface area contributed by atoms with Crippen molar-refractivity contribution in [3.63, 3.8) is 0 Å². The van der Waals surface area contributed by atoms with Crippen LogP contribution in [0.1, 0.15) is 10.4 Å². The molecule has 84 valence electrons. The second-order valence-corrected chi connectivity index (χ2v) is 3.45. The van der Waals surface area contributed by atoms with Gasteiger partial charge in [0, 0.05) is 17.8 Å². The molecule has 1 N–H and O–H groups in total. The molecule has 0 bridgehead atoms. The maximum Gasteiger partial charge on any atom is 0.454 e. The molecular formula is C9H4ClF3N2O. The zero-order chi connectivity index (χ0) is 11.9. The van der Waals surface area contributed by atoms with E-state index in [0.29, 0.717) is 0 Å². The molecule has 0 amide bonds. The van der Waals surface area contributed by atoms with Crippen LogP contribution in [0.3, 0.4) is 0 Å². The topological polar surface area (TPSA) is 45.8 Å². The molecule has 2 heterocycles. The van der Waals surface area contributed by atoms with Crippen molar-refractivity contribution < 1.29 is 18.0 Å². The molecule has 0 aliphatic rings. The van der Waals surface area contributed by atoms with Gasteiger partial charge in [-0.15, -0.1) is 0 Å². The third kappa shape index (κ3) is 1.65. The third-order valence-electron chi connectivity index (χ3n) is 2.02. The van der Waals surface area contributed by atoms with E-state index >= 15 is 0 Å². The van der Waals surface area contributed by atoms with E-state index in [-0.39, 0.29) is 16.1 Å². The second-order valence-electron chi connectivity index (χ2n) is 3.05. The number of nitrogens with one attached hydrogen (secondary N) is 1. The van der Waals surface area contributed by atoms with Gasteiger partial charge in [0.15, 0.2) is 0 Å². The van der Waals surface area contributed by atoms with Crippen LogP contribution in [0, 0.1) is 0 Å². The number of Topliss-reactive ketones (excluding diaryl/α,β-unsaturated/α-hetero) is 1. The summed E-state index contributed by atoms with van der Waals surface area (Å²) in [5, 5.41) is 0.0466. The summed E-state index contributed by atoms with van der Waals surface area (Å²) in [5.41, 5.74) is -0.360. The van der Waals surface area contributed by atoms with Crippen LogP contribution in [0.4, 0.5) is 13.2 Å². The molecule has 2 aromatic rings. The highest BCUT2D eigenvalue weighted by molar-refractivity contribution is 6.36. The monoisotopic (exact) mass is 248 g/mol. The Morgan fingerprint density at radius 2 is 2.12 bits per heavy atom. The van der Waals surface area contributed by atoms with E-state index in [9.17, 15) is 18.0 Å². The third-order valence-corrected chi connectivity index (χ3v) is 2.34. The molecule has 0 fully saturated rings. The average molecular weight is 249 g/mol. The van der Waals surface area contributed by atoms with Crippen molar-refractivity contribution >= 4 is 28.4 Å². The summed E-state index contributed by atoms with van der Waals surface area (Å²) in [6, 6.07) is 1.32. The van der Waals surface area contributed by atoms with Crippen molar-refractivity contribution in [1.82, 2.24) is 9.97 Å². The van der Waals surface area contributed by atoms with Gasteiger partial charge in [-0.05, 0) is 6.07 Å². The minimum atomic E-state index is -4.92. The van der Waals surface area contributed by atoms with Crippen LogP contribution in [-0.2, 0) is 0 Å². The van der Waals surface area contributed by atoms with Crippen molar-refractivity contribution in [3.8, 4) is 0 Å². The minimum absolute atomic E-state index is 0.00788. The Balaban J connectivity index is 2.67. The number of aromatic amines is 1. The minimum Gasteiger partial charge on any atom is -0.345 e. The summed E-state index contributed by atoms with van der Waals surface area (Å²) in [6.07, 6.45) is -2.63. The predicted octanol–water partition coefficient (Wildman–Crippen LogP) is 2.96. The molecule has 0 saturated carbocycles. The lowest BCUT2D eigenvalue weighted by molar-refractivity contribution is -0.0884. The van der Waals surface area contributed by atoms with Crippen LogP contribution in [-0.4, -0.2) is 21.9 Å². The number of nitrogens with zero attached hydrogens (tertiary/aromatic N) is 1. The lowest BCUT2D eigenvalue weighted by Crippen LogP contribution is -2.22. The molecule has 2 aromatic heterocycles. The number of alkyl halides is 3. The van der Waals surface area contributed by atoms with Crippen LogP contribution in [0.25, 0.3) is 11.0 Å². The molecule has 0 saturated heterocycles. The molecular weight excluding hydrogens is 245 g/mol. The molecule has 3 nitrogen and oxygen atoms in total. The predicted molar refractivity (Wildman–Crippen MR) is 51.5 cm³/mol. The van der Waals surface area contributed by atoms with Crippen LogP contribution in [0.15, 0.2) is 18.5 Å². The number of halogens is 4. The second kappa shape index (κ2) is 3.48. The fourth-order valence-electron chi connectivity index (χ4n) is 1.35. The largest absolute Gasteiger partial charge is 0.454 e. The fourth-order valence-corrected chi connectivity index (χ4v) is 1.60. The summed E-state index contributed by atoms with van der Waals surface area (Å²) in [5.74, 6) is -1.94. The zero-order valence-corrected chi connectivity index (χ0v) is 8.36. The number of carbonyl (C=O) groups excluding carboxylic acids is 1. The van der Waals surface area contributed by atoms with Crippen LogP contribution < -0.4 is 0 Å². The molecule has 0 unspecified atom stereocenters. The van der Waals surface area contributed by atoms with E-state index in [0.717, 1.165) is 6.20 Å². The molecule has 2 rings (SSSR count). The van der Waals surface area contributed by atoms with Crippen LogP contribution in [0.2, 0.25) is 5.02 Å². The van der Waals surface area contributed by atoms with Gasteiger partial charge in [-0.3, -0.25) is 4.79 Å². The molecule has 16 heavy (non-hydrogen) atoms. The number of fused-ring (bicyclic) bond motifs is 1. The van der Waals surface area contributed by atoms with Gasteiger partial charge in [-0.1, -0.05) is 11.6 Å². The summed E-state index contributed by atoms with van der Waals surface area (Å²) in [4.78, 5) is 17.3. The van der Waals surface area contributed by atoms with Gasteiger partial charge in [0.25, 0.3) is 5.78 Å². The zero-order valence-electron chi connectivity index (χ0n) is 7.60. The first-order valence-corrected chi connectivity index (χ1v) is 4.52. The number of aromatic nitrogens is 2. The lowest BCUT2D eigenvalue weighted by atomic mass is 10.1. The number of rotatable bonds is 1. The van der Waals surface area contributed by atoms with Gasteiger partial charge in [0.2, 0.25) is 0 Å². The Morgan fingerprint density at radius 3 is 2.75 bits per heavy atom. The van der Waals surface area contributed by atoms with Crippen molar-refractivity contribution in [2.45, 2.75) is 6.18 Å². The molecule has 7 heteroatoms. The maximum atomic E-state index is 12.2. The van der Waals surface area contributed by atoms with Gasteiger partial charge in [-0.2, -0.15) is 13.2 Å². The van der Waals surface area contributed by atoms with Gasteiger partial charge in [0.05, 0.1) is 10.6 Å². The van der Waals surface area contributed by atoms with E-state index < -0.39 is 17.5 Å². The molecule has 0 spiro atoms. The summed E-state index contributed by atoms with van der Waals surface area (Å²) in [6.45, 7) is 0. The maximum absolute atomic E-state index is 12.2. The highest BCUT2D eigenvalue weighted by atomic mass is 35.5. The summed E-state index contributed by atoms with van der Waals surface area (Å²) < 4.78 is 36.7. The van der Waals surface area contributed by atoms with E-state index in [1.165, 1.54) is 12.3 Å². The van der Waals surface area contributed by atoms with Crippen LogP contribution >= 0.6 is 11.6 Å². The Morgan fingerprint density at radius 1 is 1.44 bits per heavy atom. The van der Waals surface area contributed by atoms with E-state index in [4.69, 9.17) is 11.6 Å². The Kier molecular flexibility index (Phi) is 2.38. The summed E-state index contributed by atoms with van der Waals surface area (Å²) in [7, 11) is 0. The van der Waals surface area contributed by atoms with E-state index in [1.54, 1.807) is 0 Å². The van der Waals surface area contributed by atoms with Gasteiger partial charge in [-0.25, -0.2) is 4.98 Å². The van der Waals surface area contributed by atoms with Gasteiger partial charge >= 0.3 is 6.18 Å². The molecule has 0 aliphatic carbocycles. The summed E-state index contributed by atoms with van der Waals surface area (Å²) >= 11 is 5.72. The lowest BCUT2D eigenvalue weighted by Gasteiger charge is -2.03. The van der Waals surface area contributed by atoms with E-state index in [1.807, 2.05) is 0 Å². The van der Waals surface area contributed by atoms with Crippen molar-refractivity contribution in [2.75, 3.05) is 0 Å².